The van der Waals surface area contributed by atoms with Crippen LogP contribution < -0.4 is 5.32 Å². The van der Waals surface area contributed by atoms with Crippen LogP contribution >= 0.6 is 11.8 Å². The van der Waals surface area contributed by atoms with Gasteiger partial charge in [-0.2, -0.15) is 5.10 Å². The van der Waals surface area contributed by atoms with Crippen molar-refractivity contribution in [3.05, 3.63) is 95.4 Å². The number of carbonyl (C=O) groups excluding carboxylic acids is 1. The van der Waals surface area contributed by atoms with Crippen LogP contribution in [0.2, 0.25) is 0 Å². The van der Waals surface area contributed by atoms with Crippen LogP contribution in [0.5, 0.6) is 0 Å². The Labute approximate surface area is 216 Å². The molecule has 0 unspecified atom stereocenters. The fourth-order valence-electron chi connectivity index (χ4n) is 5.61. The lowest BCUT2D eigenvalue weighted by molar-refractivity contribution is 0.176. The monoisotopic (exact) mass is 497 g/mol. The maximum absolute atomic E-state index is 13.9. The third-order valence-corrected chi connectivity index (χ3v) is 8.21. The molecule has 6 rings (SSSR count). The average molecular weight is 498 g/mol. The summed E-state index contributed by atoms with van der Waals surface area (Å²) in [6, 6.07) is 23.1. The van der Waals surface area contributed by atoms with Gasteiger partial charge in [0.25, 0.3) is 0 Å². The minimum atomic E-state index is -0.215. The van der Waals surface area contributed by atoms with Crippen molar-refractivity contribution in [3.63, 3.8) is 0 Å². The van der Waals surface area contributed by atoms with Crippen molar-refractivity contribution >= 4 is 17.8 Å². The number of para-hydroxylation sites is 1. The SMILES string of the molecule is CSc1ccc([C@H]2c3cccn3-c3c(c(C)nn3-c3ccccc3)CN2C(=O)NC2CCCC2)cc1. The Bertz CT molecular complexity index is 1370. The van der Waals surface area contributed by atoms with Crippen molar-refractivity contribution in [2.24, 2.45) is 0 Å². The Morgan fingerprint density at radius 1 is 1.00 bits per heavy atom. The third kappa shape index (κ3) is 4.01. The fraction of sp³-hybridized carbons (Fsp3) is 0.310. The van der Waals surface area contributed by atoms with E-state index in [1.807, 2.05) is 34.7 Å². The number of hydrogen-bond acceptors (Lipinski definition) is 3. The van der Waals surface area contributed by atoms with Gasteiger partial charge in [0.15, 0.2) is 0 Å². The van der Waals surface area contributed by atoms with Crippen LogP contribution in [0, 0.1) is 6.92 Å². The van der Waals surface area contributed by atoms with E-state index in [0.29, 0.717) is 6.54 Å². The lowest BCUT2D eigenvalue weighted by Gasteiger charge is -2.32. The quantitative estimate of drug-likeness (QED) is 0.339. The maximum atomic E-state index is 13.9. The van der Waals surface area contributed by atoms with Crippen LogP contribution in [0.25, 0.3) is 11.5 Å². The molecule has 0 bridgehead atoms. The summed E-state index contributed by atoms with van der Waals surface area (Å²) in [5.41, 5.74) is 5.18. The molecule has 184 valence electrons. The van der Waals surface area contributed by atoms with Crippen molar-refractivity contribution in [1.29, 1.82) is 0 Å². The second kappa shape index (κ2) is 9.54. The summed E-state index contributed by atoms with van der Waals surface area (Å²) in [5, 5.41) is 8.29. The number of rotatable bonds is 4. The molecular weight excluding hydrogens is 466 g/mol. The van der Waals surface area contributed by atoms with Gasteiger partial charge in [-0.15, -0.1) is 11.8 Å². The van der Waals surface area contributed by atoms with Crippen molar-refractivity contribution in [1.82, 2.24) is 24.6 Å². The minimum Gasteiger partial charge on any atom is -0.335 e. The van der Waals surface area contributed by atoms with Gasteiger partial charge in [-0.25, -0.2) is 9.48 Å². The van der Waals surface area contributed by atoms with Crippen LogP contribution in [0.15, 0.2) is 77.8 Å². The second-order valence-corrected chi connectivity index (χ2v) is 10.6. The Balaban J connectivity index is 1.52. The van der Waals surface area contributed by atoms with Crippen molar-refractivity contribution in [2.45, 2.75) is 56.1 Å². The Morgan fingerprint density at radius 3 is 2.47 bits per heavy atom. The van der Waals surface area contributed by atoms with Gasteiger partial charge in [0, 0.05) is 22.7 Å². The number of amides is 2. The summed E-state index contributed by atoms with van der Waals surface area (Å²) in [4.78, 5) is 17.1. The van der Waals surface area contributed by atoms with E-state index in [4.69, 9.17) is 5.10 Å². The molecule has 1 aliphatic heterocycles. The second-order valence-electron chi connectivity index (χ2n) is 9.67. The van der Waals surface area contributed by atoms with E-state index in [-0.39, 0.29) is 18.1 Å². The van der Waals surface area contributed by atoms with Gasteiger partial charge < -0.3 is 14.8 Å². The number of urea groups is 1. The van der Waals surface area contributed by atoms with Gasteiger partial charge in [0.1, 0.15) is 5.82 Å². The first-order chi connectivity index (χ1) is 17.6. The van der Waals surface area contributed by atoms with E-state index in [9.17, 15) is 4.79 Å². The van der Waals surface area contributed by atoms with Crippen LogP contribution in [-0.2, 0) is 6.54 Å². The molecule has 0 radical (unpaired) electrons. The number of nitrogens with zero attached hydrogens (tertiary/aromatic N) is 4. The molecule has 2 aliphatic rings. The molecular formula is C29H31N5OS. The summed E-state index contributed by atoms with van der Waals surface area (Å²) < 4.78 is 4.23. The van der Waals surface area contributed by atoms with Gasteiger partial charge in [0.05, 0.1) is 29.7 Å². The first-order valence-corrected chi connectivity index (χ1v) is 13.9. The van der Waals surface area contributed by atoms with E-state index < -0.39 is 0 Å². The largest absolute Gasteiger partial charge is 0.335 e. The third-order valence-electron chi connectivity index (χ3n) is 7.46. The molecule has 6 nitrogen and oxygen atoms in total. The Hall–Kier alpha value is -3.45. The van der Waals surface area contributed by atoms with E-state index in [1.165, 1.54) is 17.7 Å². The predicted molar refractivity (Wildman–Crippen MR) is 144 cm³/mol. The van der Waals surface area contributed by atoms with Crippen molar-refractivity contribution < 1.29 is 4.79 Å². The highest BCUT2D eigenvalue weighted by Gasteiger charge is 2.36. The van der Waals surface area contributed by atoms with E-state index in [2.05, 4.69) is 70.9 Å². The molecule has 2 aromatic heterocycles. The number of carbonyl (C=O) groups is 1. The van der Waals surface area contributed by atoms with Crippen molar-refractivity contribution in [3.8, 4) is 11.5 Å². The molecule has 3 heterocycles. The van der Waals surface area contributed by atoms with E-state index in [1.54, 1.807) is 11.8 Å². The summed E-state index contributed by atoms with van der Waals surface area (Å²) in [6.07, 6.45) is 8.65. The highest BCUT2D eigenvalue weighted by atomic mass is 32.2. The number of hydrogen-bond donors (Lipinski definition) is 1. The molecule has 2 aromatic carbocycles. The van der Waals surface area contributed by atoms with Gasteiger partial charge in [-0.3, -0.25) is 0 Å². The van der Waals surface area contributed by atoms with Crippen LogP contribution in [0.3, 0.4) is 0 Å². The molecule has 0 saturated heterocycles. The summed E-state index contributed by atoms with van der Waals surface area (Å²) in [7, 11) is 0. The van der Waals surface area contributed by atoms with Crippen LogP contribution in [0.1, 0.15) is 54.2 Å². The highest BCUT2D eigenvalue weighted by Crippen LogP contribution is 2.39. The number of nitrogens with one attached hydrogen (secondary N) is 1. The lowest BCUT2D eigenvalue weighted by atomic mass is 10.0. The Morgan fingerprint density at radius 2 is 1.75 bits per heavy atom. The molecule has 1 N–H and O–H groups in total. The molecule has 7 heteroatoms. The number of thioether (sulfide) groups is 1. The minimum absolute atomic E-state index is 0.00620. The molecule has 36 heavy (non-hydrogen) atoms. The number of benzene rings is 2. The molecule has 4 aromatic rings. The average Bonchev–Trinajstić information content (AvgIpc) is 3.64. The highest BCUT2D eigenvalue weighted by molar-refractivity contribution is 7.98. The molecule has 2 amide bonds. The molecule has 1 atom stereocenters. The molecule has 1 saturated carbocycles. The summed E-state index contributed by atoms with van der Waals surface area (Å²) in [6.45, 7) is 2.53. The smallest absolute Gasteiger partial charge is 0.318 e. The van der Waals surface area contributed by atoms with E-state index in [0.717, 1.165) is 46.9 Å². The Kier molecular flexibility index (Phi) is 6.09. The fourth-order valence-corrected chi connectivity index (χ4v) is 6.02. The summed E-state index contributed by atoms with van der Waals surface area (Å²) >= 11 is 1.73. The van der Waals surface area contributed by atoms with E-state index >= 15 is 0 Å². The zero-order valence-electron chi connectivity index (χ0n) is 20.7. The van der Waals surface area contributed by atoms with Crippen LogP contribution in [0.4, 0.5) is 4.79 Å². The topological polar surface area (TPSA) is 55.1 Å². The molecule has 0 spiro atoms. The first kappa shape index (κ1) is 23.0. The van der Waals surface area contributed by atoms with Gasteiger partial charge in [0.2, 0.25) is 0 Å². The lowest BCUT2D eigenvalue weighted by Crippen LogP contribution is -2.45. The van der Waals surface area contributed by atoms with Gasteiger partial charge in [-0.05, 0) is 68.0 Å². The van der Waals surface area contributed by atoms with Crippen LogP contribution in [-0.4, -0.2) is 37.6 Å². The number of fused-ring (bicyclic) bond motifs is 3. The standard InChI is InChI=1S/C29H31N5OS/c1-20-25-19-33(29(35)30-22-9-6-7-10-22)27(21-14-16-24(36-2)17-15-21)26-13-8-18-32(26)28(25)34(31-20)23-11-4-3-5-12-23/h3-5,8,11-18,22,27H,6-7,9-10,19H2,1-2H3,(H,30,35)/t27-/m0/s1. The summed E-state index contributed by atoms with van der Waals surface area (Å²) in [5.74, 6) is 1.00. The predicted octanol–water partition coefficient (Wildman–Crippen LogP) is 6.25. The zero-order chi connectivity index (χ0) is 24.6. The molecule has 1 aliphatic carbocycles. The number of aryl methyl sites for hydroxylation is 1. The zero-order valence-corrected chi connectivity index (χ0v) is 21.5. The maximum Gasteiger partial charge on any atom is 0.318 e. The first-order valence-electron chi connectivity index (χ1n) is 12.7. The normalized spacial score (nSPS) is 17.5. The number of aromatic nitrogens is 3. The van der Waals surface area contributed by atoms with Crippen molar-refractivity contribution in [2.75, 3.05) is 6.26 Å². The van der Waals surface area contributed by atoms with Gasteiger partial charge >= 0.3 is 6.03 Å². The van der Waals surface area contributed by atoms with Gasteiger partial charge in [-0.1, -0.05) is 43.2 Å². The molecule has 1 fully saturated rings.